The molecule has 1 saturated heterocycles. The predicted octanol–water partition coefficient (Wildman–Crippen LogP) is 6.59. The second-order valence-electron chi connectivity index (χ2n) is 8.61. The Hall–Kier alpha value is -2.85. The minimum absolute atomic E-state index is 0.0883. The lowest BCUT2D eigenvalue weighted by molar-refractivity contribution is 0.0600. The lowest BCUT2D eigenvalue weighted by Gasteiger charge is -2.25. The predicted molar refractivity (Wildman–Crippen MR) is 142 cm³/mol. The summed E-state index contributed by atoms with van der Waals surface area (Å²) in [5.41, 5.74) is 1.60. The first-order chi connectivity index (χ1) is 17.9. The molecule has 0 spiro atoms. The number of piperidine rings is 1. The Morgan fingerprint density at radius 3 is 2.73 bits per heavy atom. The van der Waals surface area contributed by atoms with Gasteiger partial charge >= 0.3 is 5.97 Å². The monoisotopic (exact) mass is 563 g/mol. The highest BCUT2D eigenvalue weighted by atomic mass is 35.5. The number of nitrogens with one attached hydrogen (secondary N) is 1. The van der Waals surface area contributed by atoms with Gasteiger partial charge in [-0.2, -0.15) is 4.39 Å². The van der Waals surface area contributed by atoms with Crippen molar-refractivity contribution < 1.29 is 23.4 Å². The number of carbonyl (C=O) groups excluding carboxylic acids is 1. The molecule has 0 aliphatic carbocycles. The average molecular weight is 564 g/mol. The van der Waals surface area contributed by atoms with E-state index in [1.54, 1.807) is 24.3 Å². The molecule has 4 aromatic rings. The topological polar surface area (TPSA) is 74.6 Å². The molecule has 2 aromatic heterocycles. The maximum Gasteiger partial charge on any atom is 0.351 e. The number of methoxy groups -OCH3 is 1. The van der Waals surface area contributed by atoms with Gasteiger partial charge in [-0.3, -0.25) is 4.57 Å². The molecule has 0 saturated carbocycles. The normalized spacial score (nSPS) is 15.1. The van der Waals surface area contributed by atoms with E-state index in [1.807, 2.05) is 25.1 Å². The van der Waals surface area contributed by atoms with Crippen LogP contribution in [0, 0.1) is 6.08 Å². The van der Waals surface area contributed by atoms with E-state index in [1.165, 1.54) is 11.7 Å². The summed E-state index contributed by atoms with van der Waals surface area (Å²) >= 11 is 13.8. The highest BCUT2D eigenvalue weighted by Crippen LogP contribution is 2.40. The van der Waals surface area contributed by atoms with Crippen LogP contribution in [0.1, 0.15) is 41.1 Å². The van der Waals surface area contributed by atoms with Crippen LogP contribution in [0.3, 0.4) is 0 Å². The van der Waals surface area contributed by atoms with E-state index in [0.717, 1.165) is 37.3 Å². The quantitative estimate of drug-likeness (QED) is 0.256. The van der Waals surface area contributed by atoms with Crippen molar-refractivity contribution in [1.82, 2.24) is 14.9 Å². The third kappa shape index (κ3) is 5.27. The number of esters is 1. The molecule has 7 nitrogen and oxygen atoms in total. The van der Waals surface area contributed by atoms with Crippen LogP contribution in [0.15, 0.2) is 42.5 Å². The van der Waals surface area contributed by atoms with Crippen molar-refractivity contribution in [2.24, 2.45) is 0 Å². The molecule has 37 heavy (non-hydrogen) atoms. The van der Waals surface area contributed by atoms with Crippen molar-refractivity contribution in [3.8, 4) is 16.5 Å². The lowest BCUT2D eigenvalue weighted by Crippen LogP contribution is -2.34. The summed E-state index contributed by atoms with van der Waals surface area (Å²) in [6.07, 6.45) is 0.612. The third-order valence-corrected chi connectivity index (χ3v) is 7.89. The van der Waals surface area contributed by atoms with Gasteiger partial charge in [0.15, 0.2) is 4.88 Å². The molecule has 11 heteroatoms. The van der Waals surface area contributed by atoms with E-state index in [-0.39, 0.29) is 16.7 Å². The second kappa shape index (κ2) is 10.9. The largest absolute Gasteiger partial charge is 0.489 e. The maximum absolute atomic E-state index is 14.9. The van der Waals surface area contributed by atoms with Gasteiger partial charge in [0, 0.05) is 16.7 Å². The molecule has 5 rings (SSSR count). The highest BCUT2D eigenvalue weighted by Gasteiger charge is 2.25. The Bertz CT molecular complexity index is 1450. The number of carbonyl (C=O) groups is 1. The van der Waals surface area contributed by atoms with E-state index in [0.29, 0.717) is 37.4 Å². The minimum atomic E-state index is -0.736. The number of halogens is 3. The van der Waals surface area contributed by atoms with Crippen LogP contribution in [0.4, 0.5) is 4.39 Å². The number of nitrogens with zero attached hydrogens (tertiary/aromatic N) is 2. The fraction of sp³-hybridized carbons (Fsp3) is 0.308. The Labute approximate surface area is 227 Å². The van der Waals surface area contributed by atoms with Crippen molar-refractivity contribution in [3.63, 3.8) is 0 Å². The zero-order chi connectivity index (χ0) is 26.1. The molecule has 1 aliphatic rings. The number of ether oxygens (including phenoxy) is 3. The third-order valence-electron chi connectivity index (χ3n) is 6.17. The molecule has 0 bridgehead atoms. The standard InChI is InChI=1S/C26H24Cl2FN3O4S/c1-14(17-4-3-5-20(23(17)28)36-16-8-10-30-11-9-16)35-21-13-22(37-24(21)25(33)34-2)32-19-7-6-15(27)12-18(19)31-26(32)29/h3-7,12-14,16,30H,8-11H2,1-2H3/t14-/m1/s1. The fourth-order valence-corrected chi connectivity index (χ4v) is 5.81. The summed E-state index contributed by atoms with van der Waals surface area (Å²) in [4.78, 5) is 16.7. The van der Waals surface area contributed by atoms with E-state index in [4.69, 9.17) is 37.4 Å². The molecule has 1 atom stereocenters. The average Bonchev–Trinajstić information content (AvgIpc) is 3.44. The van der Waals surface area contributed by atoms with Crippen LogP contribution < -0.4 is 14.8 Å². The van der Waals surface area contributed by atoms with Gasteiger partial charge in [0.25, 0.3) is 6.08 Å². The molecule has 1 fully saturated rings. The number of hydrogen-bond acceptors (Lipinski definition) is 7. The minimum Gasteiger partial charge on any atom is -0.489 e. The fourth-order valence-electron chi connectivity index (χ4n) is 4.31. The Morgan fingerprint density at radius 2 is 1.97 bits per heavy atom. The highest BCUT2D eigenvalue weighted by molar-refractivity contribution is 7.16. The summed E-state index contributed by atoms with van der Waals surface area (Å²) in [5, 5.41) is 4.61. The Balaban J connectivity index is 1.46. The van der Waals surface area contributed by atoms with Crippen LogP contribution >= 0.6 is 34.5 Å². The van der Waals surface area contributed by atoms with E-state index in [2.05, 4.69) is 10.3 Å². The number of hydrogen-bond donors (Lipinski definition) is 1. The molecule has 1 N–H and O–H groups in total. The van der Waals surface area contributed by atoms with Gasteiger partial charge in [-0.15, -0.1) is 11.3 Å². The Kier molecular flexibility index (Phi) is 7.57. The number of imidazole rings is 1. The SMILES string of the molecule is COC(=O)c1sc(-n2c(F)nc3cc(Cl)ccc32)cc1O[C@H](C)c1cccc(OC2CCNCC2)c1Cl. The zero-order valence-electron chi connectivity index (χ0n) is 20.1. The lowest BCUT2D eigenvalue weighted by atomic mass is 10.1. The zero-order valence-corrected chi connectivity index (χ0v) is 22.4. The molecule has 2 aromatic carbocycles. The summed E-state index contributed by atoms with van der Waals surface area (Å²) in [6, 6.07) is 12.0. The summed E-state index contributed by atoms with van der Waals surface area (Å²) in [6.45, 7) is 3.62. The summed E-state index contributed by atoms with van der Waals surface area (Å²) in [7, 11) is 1.28. The number of aromatic nitrogens is 2. The summed E-state index contributed by atoms with van der Waals surface area (Å²) < 4.78 is 33.5. The maximum atomic E-state index is 14.9. The number of rotatable bonds is 7. The van der Waals surface area contributed by atoms with E-state index in [9.17, 15) is 9.18 Å². The van der Waals surface area contributed by atoms with Crippen LogP contribution in [-0.4, -0.2) is 41.8 Å². The number of thiophene rings is 1. The van der Waals surface area contributed by atoms with Gasteiger partial charge in [-0.05, 0) is 57.1 Å². The molecule has 194 valence electrons. The first-order valence-corrected chi connectivity index (χ1v) is 13.3. The van der Waals surface area contributed by atoms with Gasteiger partial charge in [-0.25, -0.2) is 9.78 Å². The van der Waals surface area contributed by atoms with Crippen LogP contribution in [0.25, 0.3) is 16.0 Å². The first kappa shape index (κ1) is 25.8. The van der Waals surface area contributed by atoms with Crippen molar-refractivity contribution in [1.29, 1.82) is 0 Å². The first-order valence-electron chi connectivity index (χ1n) is 11.7. The molecule has 1 aliphatic heterocycles. The van der Waals surface area contributed by atoms with Gasteiger partial charge in [-0.1, -0.05) is 35.3 Å². The number of benzene rings is 2. The van der Waals surface area contributed by atoms with E-state index >= 15 is 0 Å². The molecular weight excluding hydrogens is 540 g/mol. The van der Waals surface area contributed by atoms with Gasteiger partial charge in [0.05, 0.1) is 23.2 Å². The van der Waals surface area contributed by atoms with Crippen LogP contribution in [0.2, 0.25) is 10.0 Å². The molecule has 0 unspecified atom stereocenters. The van der Waals surface area contributed by atoms with Gasteiger partial charge in [0.2, 0.25) is 0 Å². The van der Waals surface area contributed by atoms with Crippen molar-refractivity contribution in [2.75, 3.05) is 20.2 Å². The van der Waals surface area contributed by atoms with Gasteiger partial charge < -0.3 is 19.5 Å². The number of fused-ring (bicyclic) bond motifs is 1. The Morgan fingerprint density at radius 1 is 1.19 bits per heavy atom. The summed E-state index contributed by atoms with van der Waals surface area (Å²) in [5.74, 6) is 0.238. The molecule has 0 amide bonds. The second-order valence-corrected chi connectivity index (χ2v) is 10.5. The molecular formula is C26H24Cl2FN3O4S. The van der Waals surface area contributed by atoms with Crippen molar-refractivity contribution in [3.05, 3.63) is 69.0 Å². The van der Waals surface area contributed by atoms with Crippen LogP contribution in [-0.2, 0) is 4.74 Å². The van der Waals surface area contributed by atoms with Gasteiger partial charge in [0.1, 0.15) is 28.7 Å². The van der Waals surface area contributed by atoms with Crippen molar-refractivity contribution in [2.45, 2.75) is 32.0 Å². The van der Waals surface area contributed by atoms with Crippen molar-refractivity contribution >= 4 is 51.5 Å². The van der Waals surface area contributed by atoms with Crippen LogP contribution in [0.5, 0.6) is 11.5 Å². The smallest absolute Gasteiger partial charge is 0.351 e. The molecule has 3 heterocycles. The van der Waals surface area contributed by atoms with E-state index < -0.39 is 18.2 Å². The molecule has 0 radical (unpaired) electrons.